The van der Waals surface area contributed by atoms with Gasteiger partial charge in [0.1, 0.15) is 5.82 Å². The largest absolute Gasteiger partial charge is 0.349 e. The average Bonchev–Trinajstić information content (AvgIpc) is 2.33. The maximum Gasteiger partial charge on any atom is 0.251 e. The molecule has 2 nitrogen and oxygen atoms in total. The van der Waals surface area contributed by atoms with Gasteiger partial charge < -0.3 is 5.32 Å². The summed E-state index contributed by atoms with van der Waals surface area (Å²) in [5.74, 6) is -0.408. The second-order valence-electron chi connectivity index (χ2n) is 4.43. The highest BCUT2D eigenvalue weighted by Crippen LogP contribution is 2.24. The number of alkyl halides is 1. The fourth-order valence-corrected chi connectivity index (χ4v) is 2.79. The molecule has 0 radical (unpaired) electrons. The Balaban J connectivity index is 1.91. The topological polar surface area (TPSA) is 29.1 Å². The Labute approximate surface area is 114 Å². The Bertz CT molecular complexity index is 385. The molecule has 1 fully saturated rings. The lowest BCUT2D eigenvalue weighted by Crippen LogP contribution is -2.37. The first-order valence-corrected chi connectivity index (χ1v) is 7.10. The molecule has 2 rings (SSSR count). The van der Waals surface area contributed by atoms with Crippen LogP contribution in [0.2, 0.25) is 0 Å². The molecule has 17 heavy (non-hydrogen) atoms. The summed E-state index contributed by atoms with van der Waals surface area (Å²) < 4.78 is 13.5. The standard InChI is InChI=1S/C13H15FINO/c14-10-3-1-9(2-4-10)13(17)16-12-7-5-11(15)6-8-12/h1-4,11-12H,5-8H2,(H,16,17). The molecular weight excluding hydrogens is 332 g/mol. The predicted molar refractivity (Wildman–Crippen MR) is 73.9 cm³/mol. The lowest BCUT2D eigenvalue weighted by atomic mass is 9.95. The monoisotopic (exact) mass is 347 g/mol. The molecule has 1 saturated carbocycles. The molecule has 0 unspecified atom stereocenters. The van der Waals surface area contributed by atoms with E-state index in [0.29, 0.717) is 5.56 Å². The Morgan fingerprint density at radius 1 is 1.18 bits per heavy atom. The van der Waals surface area contributed by atoms with Crippen LogP contribution in [0, 0.1) is 5.82 Å². The maximum absolute atomic E-state index is 12.7. The molecule has 1 N–H and O–H groups in total. The smallest absolute Gasteiger partial charge is 0.251 e. The van der Waals surface area contributed by atoms with Crippen LogP contribution >= 0.6 is 22.6 Å². The fraction of sp³-hybridized carbons (Fsp3) is 0.462. The zero-order chi connectivity index (χ0) is 12.3. The molecule has 1 aliphatic rings. The number of rotatable bonds is 2. The summed E-state index contributed by atoms with van der Waals surface area (Å²) in [6.45, 7) is 0. The SMILES string of the molecule is O=C(NC1CCC(I)CC1)c1ccc(F)cc1. The van der Waals surface area contributed by atoms with Crippen LogP contribution in [0.3, 0.4) is 0 Å². The van der Waals surface area contributed by atoms with Crippen molar-refractivity contribution in [2.45, 2.75) is 35.6 Å². The van der Waals surface area contributed by atoms with Crippen LogP contribution in [0.5, 0.6) is 0 Å². The van der Waals surface area contributed by atoms with Gasteiger partial charge in [0.15, 0.2) is 0 Å². The number of amides is 1. The van der Waals surface area contributed by atoms with Crippen LogP contribution in [-0.2, 0) is 0 Å². The number of hydrogen-bond acceptors (Lipinski definition) is 1. The quantitative estimate of drug-likeness (QED) is 0.646. The highest BCUT2D eigenvalue weighted by molar-refractivity contribution is 14.1. The summed E-state index contributed by atoms with van der Waals surface area (Å²) in [5, 5.41) is 3.01. The molecule has 92 valence electrons. The van der Waals surface area contributed by atoms with Gasteiger partial charge in [-0.15, -0.1) is 0 Å². The van der Waals surface area contributed by atoms with Crippen LogP contribution in [0.25, 0.3) is 0 Å². The van der Waals surface area contributed by atoms with Crippen molar-refractivity contribution in [3.8, 4) is 0 Å². The van der Waals surface area contributed by atoms with Crippen LogP contribution < -0.4 is 5.32 Å². The molecule has 0 aromatic heterocycles. The first kappa shape index (κ1) is 12.8. The molecule has 0 heterocycles. The van der Waals surface area contributed by atoms with Crippen molar-refractivity contribution in [3.63, 3.8) is 0 Å². The summed E-state index contributed by atoms with van der Waals surface area (Å²) >= 11 is 2.46. The third kappa shape index (κ3) is 3.66. The first-order valence-electron chi connectivity index (χ1n) is 5.85. The Morgan fingerprint density at radius 3 is 2.35 bits per heavy atom. The van der Waals surface area contributed by atoms with Crippen molar-refractivity contribution in [3.05, 3.63) is 35.6 Å². The number of benzene rings is 1. The molecule has 0 aliphatic heterocycles. The number of carbonyl (C=O) groups is 1. The summed E-state index contributed by atoms with van der Waals surface area (Å²) in [7, 11) is 0. The van der Waals surface area contributed by atoms with Crippen molar-refractivity contribution in [2.75, 3.05) is 0 Å². The van der Waals surface area contributed by atoms with Gasteiger partial charge in [-0.25, -0.2) is 4.39 Å². The third-order valence-corrected chi connectivity index (χ3v) is 4.34. The number of nitrogens with one attached hydrogen (secondary N) is 1. The average molecular weight is 347 g/mol. The minimum Gasteiger partial charge on any atom is -0.349 e. The zero-order valence-electron chi connectivity index (χ0n) is 9.46. The minimum absolute atomic E-state index is 0.0955. The van der Waals surface area contributed by atoms with Crippen molar-refractivity contribution in [1.82, 2.24) is 5.32 Å². The van der Waals surface area contributed by atoms with Gasteiger partial charge in [0, 0.05) is 15.5 Å². The van der Waals surface area contributed by atoms with E-state index in [1.54, 1.807) is 0 Å². The van der Waals surface area contributed by atoms with E-state index in [1.807, 2.05) is 0 Å². The van der Waals surface area contributed by atoms with E-state index in [9.17, 15) is 9.18 Å². The molecule has 1 aromatic carbocycles. The van der Waals surface area contributed by atoms with Crippen molar-refractivity contribution in [2.24, 2.45) is 0 Å². The van der Waals surface area contributed by atoms with Gasteiger partial charge in [0.2, 0.25) is 0 Å². The highest BCUT2D eigenvalue weighted by atomic mass is 127. The predicted octanol–water partition coefficient (Wildman–Crippen LogP) is 3.30. The second kappa shape index (κ2) is 5.80. The van der Waals surface area contributed by atoms with Gasteiger partial charge in [-0.05, 0) is 49.9 Å². The van der Waals surface area contributed by atoms with E-state index < -0.39 is 0 Å². The molecular formula is C13H15FINO. The molecule has 4 heteroatoms. The maximum atomic E-state index is 12.7. The van der Waals surface area contributed by atoms with Gasteiger partial charge in [0.05, 0.1) is 0 Å². The zero-order valence-corrected chi connectivity index (χ0v) is 11.6. The Hall–Kier alpha value is -0.650. The lowest BCUT2D eigenvalue weighted by Gasteiger charge is -2.26. The summed E-state index contributed by atoms with van der Waals surface area (Å²) in [4.78, 5) is 11.9. The Kier molecular flexibility index (Phi) is 4.36. The van der Waals surface area contributed by atoms with Crippen molar-refractivity contribution in [1.29, 1.82) is 0 Å². The van der Waals surface area contributed by atoms with Crippen molar-refractivity contribution < 1.29 is 9.18 Å². The molecule has 0 bridgehead atoms. The van der Waals surface area contributed by atoms with Gasteiger partial charge in [-0.1, -0.05) is 22.6 Å². The molecule has 0 spiro atoms. The van der Waals surface area contributed by atoms with E-state index in [4.69, 9.17) is 0 Å². The number of halogens is 2. The molecule has 1 aromatic rings. The van der Waals surface area contributed by atoms with Crippen LogP contribution in [-0.4, -0.2) is 15.9 Å². The molecule has 1 amide bonds. The number of carbonyl (C=O) groups excluding carboxylic acids is 1. The van der Waals surface area contributed by atoms with Crippen LogP contribution in [0.1, 0.15) is 36.0 Å². The summed E-state index contributed by atoms with van der Waals surface area (Å²) in [6.07, 6.45) is 4.41. The van der Waals surface area contributed by atoms with E-state index in [2.05, 4.69) is 27.9 Å². The van der Waals surface area contributed by atoms with Crippen LogP contribution in [0.4, 0.5) is 4.39 Å². The van der Waals surface area contributed by atoms with E-state index in [0.717, 1.165) is 29.6 Å². The van der Waals surface area contributed by atoms with E-state index >= 15 is 0 Å². The van der Waals surface area contributed by atoms with Crippen molar-refractivity contribution >= 4 is 28.5 Å². The van der Waals surface area contributed by atoms with Gasteiger partial charge in [-0.3, -0.25) is 4.79 Å². The normalized spacial score (nSPS) is 24.4. The van der Waals surface area contributed by atoms with Crippen LogP contribution in [0.15, 0.2) is 24.3 Å². The Morgan fingerprint density at radius 2 is 1.76 bits per heavy atom. The molecule has 0 atom stereocenters. The minimum atomic E-state index is -0.313. The highest BCUT2D eigenvalue weighted by Gasteiger charge is 2.20. The van der Waals surface area contributed by atoms with Gasteiger partial charge in [0.25, 0.3) is 5.91 Å². The molecule has 0 saturated heterocycles. The van der Waals surface area contributed by atoms with E-state index in [1.165, 1.54) is 24.3 Å². The third-order valence-electron chi connectivity index (χ3n) is 3.10. The van der Waals surface area contributed by atoms with E-state index in [-0.39, 0.29) is 17.8 Å². The second-order valence-corrected chi connectivity index (χ2v) is 6.19. The molecule has 1 aliphatic carbocycles. The van der Waals surface area contributed by atoms with Gasteiger partial charge >= 0.3 is 0 Å². The lowest BCUT2D eigenvalue weighted by molar-refractivity contribution is 0.0928. The first-order chi connectivity index (χ1) is 8.15. The van der Waals surface area contributed by atoms with Gasteiger partial charge in [-0.2, -0.15) is 0 Å². The summed E-state index contributed by atoms with van der Waals surface area (Å²) in [6, 6.07) is 5.95. The fourth-order valence-electron chi connectivity index (χ4n) is 2.07. The summed E-state index contributed by atoms with van der Waals surface area (Å²) in [5.41, 5.74) is 0.531. The number of hydrogen-bond donors (Lipinski definition) is 1.